The average Bonchev–Trinajstić information content (AvgIpc) is 1.98. The second-order valence-corrected chi connectivity index (χ2v) is 2.79. The molecule has 72 valence electrons. The first kappa shape index (κ1) is 11.4. The fraction of sp³-hybridized carbons (Fsp3) is 0.875. The van der Waals surface area contributed by atoms with Crippen molar-refractivity contribution >= 4 is 5.97 Å². The molecule has 0 aromatic rings. The van der Waals surface area contributed by atoms with Gasteiger partial charge in [-0.15, -0.1) is 0 Å². The molecule has 0 atom stereocenters. The normalized spacial score (nSPS) is 10.3. The summed E-state index contributed by atoms with van der Waals surface area (Å²) in [5.41, 5.74) is 0. The standard InChI is InChI=1S/C8H18N2O2/c1-4-12-8(11)7-9-5-6-10(2)3/h9H,4-7H2,1-3H3. The molecule has 0 radical (unpaired) electrons. The number of ether oxygens (including phenoxy) is 1. The molecule has 0 aromatic carbocycles. The van der Waals surface area contributed by atoms with Crippen LogP contribution in [0.15, 0.2) is 0 Å². The fourth-order valence-electron chi connectivity index (χ4n) is 0.705. The van der Waals surface area contributed by atoms with Crippen molar-refractivity contribution < 1.29 is 9.53 Å². The van der Waals surface area contributed by atoms with E-state index in [4.69, 9.17) is 4.74 Å². The van der Waals surface area contributed by atoms with Crippen LogP contribution in [0, 0.1) is 0 Å². The maximum atomic E-state index is 10.8. The Labute approximate surface area is 73.9 Å². The molecular weight excluding hydrogens is 156 g/mol. The average molecular weight is 174 g/mol. The van der Waals surface area contributed by atoms with Crippen molar-refractivity contribution in [1.82, 2.24) is 10.2 Å². The minimum Gasteiger partial charge on any atom is -0.465 e. The summed E-state index contributed by atoms with van der Waals surface area (Å²) in [6.07, 6.45) is 0. The zero-order valence-corrected chi connectivity index (χ0v) is 8.09. The Bertz CT molecular complexity index is 126. The number of esters is 1. The predicted molar refractivity (Wildman–Crippen MR) is 48.1 cm³/mol. The summed E-state index contributed by atoms with van der Waals surface area (Å²) >= 11 is 0. The first-order valence-corrected chi connectivity index (χ1v) is 4.18. The highest BCUT2D eigenvalue weighted by molar-refractivity contribution is 5.71. The summed E-state index contributed by atoms with van der Waals surface area (Å²) in [6.45, 7) is 4.30. The van der Waals surface area contributed by atoms with Gasteiger partial charge in [-0.2, -0.15) is 0 Å². The summed E-state index contributed by atoms with van der Waals surface area (Å²) in [5.74, 6) is -0.184. The van der Waals surface area contributed by atoms with Gasteiger partial charge in [-0.3, -0.25) is 4.79 Å². The lowest BCUT2D eigenvalue weighted by molar-refractivity contribution is -0.141. The van der Waals surface area contributed by atoms with Gasteiger partial charge >= 0.3 is 5.97 Å². The minimum absolute atomic E-state index is 0.184. The van der Waals surface area contributed by atoms with Crippen LogP contribution in [-0.4, -0.2) is 51.2 Å². The van der Waals surface area contributed by atoms with Gasteiger partial charge in [0.1, 0.15) is 0 Å². The Morgan fingerprint density at radius 3 is 2.67 bits per heavy atom. The smallest absolute Gasteiger partial charge is 0.319 e. The first-order chi connectivity index (χ1) is 5.66. The van der Waals surface area contributed by atoms with Crippen molar-refractivity contribution in [1.29, 1.82) is 0 Å². The summed E-state index contributed by atoms with van der Waals surface area (Å²) in [7, 11) is 3.98. The van der Waals surface area contributed by atoms with Crippen LogP contribution in [0.2, 0.25) is 0 Å². The summed E-state index contributed by atoms with van der Waals surface area (Å²) in [4.78, 5) is 12.8. The molecule has 4 heteroatoms. The molecule has 4 nitrogen and oxygen atoms in total. The highest BCUT2D eigenvalue weighted by atomic mass is 16.5. The zero-order valence-electron chi connectivity index (χ0n) is 8.09. The maximum absolute atomic E-state index is 10.8. The third-order valence-corrected chi connectivity index (χ3v) is 1.31. The molecule has 0 unspecified atom stereocenters. The number of carbonyl (C=O) groups is 1. The van der Waals surface area contributed by atoms with E-state index >= 15 is 0 Å². The van der Waals surface area contributed by atoms with E-state index in [1.54, 1.807) is 6.92 Å². The van der Waals surface area contributed by atoms with E-state index in [0.717, 1.165) is 13.1 Å². The number of rotatable bonds is 6. The van der Waals surface area contributed by atoms with E-state index in [2.05, 4.69) is 10.2 Å². The molecule has 0 spiro atoms. The second kappa shape index (κ2) is 7.06. The van der Waals surface area contributed by atoms with Gasteiger partial charge in [0.15, 0.2) is 0 Å². The van der Waals surface area contributed by atoms with Crippen LogP contribution < -0.4 is 5.32 Å². The molecule has 0 saturated carbocycles. The van der Waals surface area contributed by atoms with E-state index in [9.17, 15) is 4.79 Å². The fourth-order valence-corrected chi connectivity index (χ4v) is 0.705. The van der Waals surface area contributed by atoms with Gasteiger partial charge < -0.3 is 15.0 Å². The maximum Gasteiger partial charge on any atom is 0.319 e. The Morgan fingerprint density at radius 1 is 1.50 bits per heavy atom. The third kappa shape index (κ3) is 7.50. The Balaban J connectivity index is 3.14. The molecule has 0 heterocycles. The van der Waals surface area contributed by atoms with Crippen molar-refractivity contribution in [2.45, 2.75) is 6.92 Å². The van der Waals surface area contributed by atoms with Crippen LogP contribution >= 0.6 is 0 Å². The largest absolute Gasteiger partial charge is 0.465 e. The van der Waals surface area contributed by atoms with Gasteiger partial charge in [-0.25, -0.2) is 0 Å². The molecule has 1 N–H and O–H groups in total. The van der Waals surface area contributed by atoms with Crippen molar-refractivity contribution in [2.24, 2.45) is 0 Å². The van der Waals surface area contributed by atoms with E-state index in [0.29, 0.717) is 13.2 Å². The number of nitrogens with zero attached hydrogens (tertiary/aromatic N) is 1. The van der Waals surface area contributed by atoms with Crippen LogP contribution in [0.1, 0.15) is 6.92 Å². The Morgan fingerprint density at radius 2 is 2.17 bits per heavy atom. The quantitative estimate of drug-likeness (QED) is 0.443. The van der Waals surface area contributed by atoms with Crippen LogP contribution in [0.25, 0.3) is 0 Å². The molecule has 12 heavy (non-hydrogen) atoms. The number of nitrogens with one attached hydrogen (secondary N) is 1. The highest BCUT2D eigenvalue weighted by Gasteiger charge is 1.99. The van der Waals surface area contributed by atoms with Crippen LogP contribution in [-0.2, 0) is 9.53 Å². The molecule has 0 aliphatic heterocycles. The number of hydrogen-bond donors (Lipinski definition) is 1. The third-order valence-electron chi connectivity index (χ3n) is 1.31. The zero-order chi connectivity index (χ0) is 9.40. The van der Waals surface area contributed by atoms with Gasteiger partial charge in [-0.05, 0) is 21.0 Å². The van der Waals surface area contributed by atoms with Gasteiger partial charge in [0.25, 0.3) is 0 Å². The lowest BCUT2D eigenvalue weighted by Crippen LogP contribution is -2.31. The van der Waals surface area contributed by atoms with Gasteiger partial charge in [0, 0.05) is 13.1 Å². The van der Waals surface area contributed by atoms with Crippen LogP contribution in [0.4, 0.5) is 0 Å². The predicted octanol–water partition coefficient (Wildman–Crippen LogP) is -0.299. The highest BCUT2D eigenvalue weighted by Crippen LogP contribution is 1.75. The first-order valence-electron chi connectivity index (χ1n) is 4.18. The number of carbonyl (C=O) groups excluding carboxylic acids is 1. The molecule has 0 aliphatic rings. The lowest BCUT2D eigenvalue weighted by atomic mass is 10.5. The lowest BCUT2D eigenvalue weighted by Gasteiger charge is -2.09. The molecule has 0 fully saturated rings. The van der Waals surface area contributed by atoms with E-state index in [-0.39, 0.29) is 5.97 Å². The molecule has 0 bridgehead atoms. The topological polar surface area (TPSA) is 41.6 Å². The summed E-state index contributed by atoms with van der Waals surface area (Å²) in [5, 5.41) is 2.99. The molecule has 0 aliphatic carbocycles. The van der Waals surface area contributed by atoms with E-state index in [1.807, 2.05) is 14.1 Å². The van der Waals surface area contributed by atoms with Crippen molar-refractivity contribution in [3.8, 4) is 0 Å². The van der Waals surface area contributed by atoms with E-state index in [1.165, 1.54) is 0 Å². The SMILES string of the molecule is CCOC(=O)CNCCN(C)C. The molecule has 0 saturated heterocycles. The molecule has 0 aromatic heterocycles. The van der Waals surface area contributed by atoms with Crippen molar-refractivity contribution in [3.63, 3.8) is 0 Å². The van der Waals surface area contributed by atoms with Gasteiger partial charge in [-0.1, -0.05) is 0 Å². The van der Waals surface area contributed by atoms with Crippen LogP contribution in [0.5, 0.6) is 0 Å². The summed E-state index contributed by atoms with van der Waals surface area (Å²) in [6, 6.07) is 0. The minimum atomic E-state index is -0.184. The van der Waals surface area contributed by atoms with E-state index < -0.39 is 0 Å². The van der Waals surface area contributed by atoms with Crippen LogP contribution in [0.3, 0.4) is 0 Å². The van der Waals surface area contributed by atoms with Gasteiger partial charge in [0.2, 0.25) is 0 Å². The van der Waals surface area contributed by atoms with Crippen molar-refractivity contribution in [2.75, 3.05) is 40.3 Å². The molecule has 0 amide bonds. The van der Waals surface area contributed by atoms with Crippen molar-refractivity contribution in [3.05, 3.63) is 0 Å². The Kier molecular flexibility index (Phi) is 6.70. The number of likely N-dealkylation sites (N-methyl/N-ethyl adjacent to an activating group) is 1. The molecular formula is C8H18N2O2. The second-order valence-electron chi connectivity index (χ2n) is 2.79. The monoisotopic (exact) mass is 174 g/mol. The number of hydrogen-bond acceptors (Lipinski definition) is 4. The van der Waals surface area contributed by atoms with Gasteiger partial charge in [0.05, 0.1) is 13.2 Å². The summed E-state index contributed by atoms with van der Waals surface area (Å²) < 4.78 is 4.73. The Hall–Kier alpha value is -0.610. The molecule has 0 rings (SSSR count).